The van der Waals surface area contributed by atoms with Crippen LogP contribution in [0.15, 0.2) is 0 Å². The number of ether oxygens (including phenoxy) is 4. The smallest absolute Gasteiger partial charge is 0.311 e. The van der Waals surface area contributed by atoms with E-state index in [9.17, 15) is 19.2 Å². The van der Waals surface area contributed by atoms with Gasteiger partial charge in [-0.1, -0.05) is 6.92 Å². The van der Waals surface area contributed by atoms with Crippen LogP contribution in [0.3, 0.4) is 0 Å². The van der Waals surface area contributed by atoms with E-state index in [0.717, 1.165) is 0 Å². The zero-order valence-electron chi connectivity index (χ0n) is 16.9. The molecule has 7 unspecified atom stereocenters. The number of esters is 4. The molecule has 2 aliphatic carbocycles. The van der Waals surface area contributed by atoms with E-state index in [1.807, 2.05) is 6.92 Å². The lowest BCUT2D eigenvalue weighted by molar-refractivity contribution is -0.170. The van der Waals surface area contributed by atoms with E-state index < -0.39 is 53.5 Å². The van der Waals surface area contributed by atoms with Crippen molar-refractivity contribution >= 4 is 23.9 Å². The van der Waals surface area contributed by atoms with Crippen LogP contribution in [0.2, 0.25) is 0 Å². The summed E-state index contributed by atoms with van der Waals surface area (Å²) in [5.41, 5.74) is -0.621. The highest BCUT2D eigenvalue weighted by Crippen LogP contribution is 2.58. The third-order valence-electron chi connectivity index (χ3n) is 6.49. The molecule has 1 aliphatic heterocycles. The first-order valence-electron chi connectivity index (χ1n) is 9.79. The zero-order chi connectivity index (χ0) is 20.8. The molecule has 1 heterocycles. The van der Waals surface area contributed by atoms with Crippen LogP contribution in [0.25, 0.3) is 0 Å². The molecule has 0 amide bonds. The van der Waals surface area contributed by atoms with Crippen molar-refractivity contribution in [2.45, 2.75) is 65.3 Å². The summed E-state index contributed by atoms with van der Waals surface area (Å²) in [5.74, 6) is -3.37. The highest BCUT2D eigenvalue weighted by molar-refractivity contribution is 5.86. The van der Waals surface area contributed by atoms with Crippen molar-refractivity contribution in [1.29, 1.82) is 0 Å². The Kier molecular flexibility index (Phi) is 5.42. The number of hydrogen-bond donors (Lipinski definition) is 0. The summed E-state index contributed by atoms with van der Waals surface area (Å²) in [6, 6.07) is 0. The topological polar surface area (TPSA) is 105 Å². The molecule has 7 atom stereocenters. The van der Waals surface area contributed by atoms with Crippen LogP contribution in [0, 0.1) is 29.1 Å². The highest BCUT2D eigenvalue weighted by atomic mass is 16.6. The molecule has 8 heteroatoms. The van der Waals surface area contributed by atoms with Gasteiger partial charge in [0.25, 0.3) is 0 Å². The van der Waals surface area contributed by atoms with Crippen molar-refractivity contribution in [2.24, 2.45) is 29.1 Å². The second kappa shape index (κ2) is 7.37. The minimum atomic E-state index is -0.667. The van der Waals surface area contributed by atoms with E-state index in [0.29, 0.717) is 12.8 Å². The number of rotatable bonds is 7. The molecule has 0 spiro atoms. The van der Waals surface area contributed by atoms with Gasteiger partial charge in [0, 0.05) is 11.8 Å². The fourth-order valence-corrected chi connectivity index (χ4v) is 4.57. The van der Waals surface area contributed by atoms with E-state index in [1.165, 1.54) is 7.11 Å². The second-order valence-electron chi connectivity index (χ2n) is 8.65. The van der Waals surface area contributed by atoms with Crippen molar-refractivity contribution in [3.05, 3.63) is 0 Å². The molecule has 0 N–H and O–H groups in total. The molecule has 3 aliphatic rings. The average molecular weight is 396 g/mol. The van der Waals surface area contributed by atoms with Crippen molar-refractivity contribution in [1.82, 2.24) is 0 Å². The van der Waals surface area contributed by atoms with Gasteiger partial charge in [-0.3, -0.25) is 19.2 Å². The number of carbonyl (C=O) groups excluding carboxylic acids is 4. The van der Waals surface area contributed by atoms with Gasteiger partial charge in [-0.15, -0.1) is 0 Å². The molecular weight excluding hydrogens is 368 g/mol. The van der Waals surface area contributed by atoms with Crippen LogP contribution in [0.1, 0.15) is 47.0 Å². The van der Waals surface area contributed by atoms with E-state index in [-0.39, 0.29) is 24.2 Å². The van der Waals surface area contributed by atoms with Crippen LogP contribution < -0.4 is 0 Å². The highest BCUT2D eigenvalue weighted by Gasteiger charge is 2.70. The first-order valence-corrected chi connectivity index (χ1v) is 9.79. The Hall–Kier alpha value is -2.12. The van der Waals surface area contributed by atoms with Crippen LogP contribution in [0.5, 0.6) is 0 Å². The van der Waals surface area contributed by atoms with Crippen LogP contribution in [0.4, 0.5) is 0 Å². The summed E-state index contributed by atoms with van der Waals surface area (Å²) in [7, 11) is 1.28. The minimum absolute atomic E-state index is 0.105. The standard InChI is InChI=1S/C20H28O8/c1-6-20(3,4)19(24)26-9(2)7-12(21)27-15-10-8-11-14(13(10)17(22)25-5)18(23)28-16(11)15/h9-11,13-16H,6-8H2,1-5H3. The largest absolute Gasteiger partial charge is 0.469 e. The Morgan fingerprint density at radius 2 is 1.93 bits per heavy atom. The third-order valence-corrected chi connectivity index (χ3v) is 6.49. The Morgan fingerprint density at radius 1 is 1.25 bits per heavy atom. The summed E-state index contributed by atoms with van der Waals surface area (Å²) in [6.07, 6.45) is -0.708. The third kappa shape index (κ3) is 3.37. The maximum absolute atomic E-state index is 12.4. The molecule has 0 radical (unpaired) electrons. The molecule has 1 saturated heterocycles. The molecular formula is C20H28O8. The summed E-state index contributed by atoms with van der Waals surface area (Å²) in [5, 5.41) is 0. The van der Waals surface area contributed by atoms with E-state index in [4.69, 9.17) is 18.9 Å². The minimum Gasteiger partial charge on any atom is -0.469 e. The maximum Gasteiger partial charge on any atom is 0.311 e. The SMILES string of the molecule is CCC(C)(C)C(=O)OC(C)CC(=O)OC1C2CC3C1OC(=O)C3C2C(=O)OC. The van der Waals surface area contributed by atoms with Crippen molar-refractivity contribution in [3.8, 4) is 0 Å². The average Bonchev–Trinajstić information content (AvgIpc) is 3.24. The summed E-state index contributed by atoms with van der Waals surface area (Å²) in [6.45, 7) is 7.10. The Balaban J connectivity index is 1.61. The van der Waals surface area contributed by atoms with Gasteiger partial charge in [0.1, 0.15) is 18.3 Å². The lowest BCUT2D eigenvalue weighted by Crippen LogP contribution is -2.43. The molecule has 2 saturated carbocycles. The number of hydrogen-bond acceptors (Lipinski definition) is 8. The van der Waals surface area contributed by atoms with E-state index >= 15 is 0 Å². The molecule has 2 bridgehead atoms. The molecule has 0 aromatic rings. The summed E-state index contributed by atoms with van der Waals surface area (Å²) >= 11 is 0. The van der Waals surface area contributed by atoms with Gasteiger partial charge in [0.05, 0.1) is 30.8 Å². The van der Waals surface area contributed by atoms with Crippen LogP contribution in [-0.2, 0) is 38.1 Å². The van der Waals surface area contributed by atoms with Gasteiger partial charge in [-0.05, 0) is 33.6 Å². The molecule has 28 heavy (non-hydrogen) atoms. The fourth-order valence-electron chi connectivity index (χ4n) is 4.57. The first-order chi connectivity index (χ1) is 13.1. The first kappa shape index (κ1) is 20.6. The molecule has 3 rings (SSSR count). The molecule has 3 fully saturated rings. The fraction of sp³-hybridized carbons (Fsp3) is 0.800. The lowest BCUT2D eigenvalue weighted by Gasteiger charge is -2.30. The van der Waals surface area contributed by atoms with Gasteiger partial charge in [-0.25, -0.2) is 0 Å². The van der Waals surface area contributed by atoms with Crippen molar-refractivity contribution < 1.29 is 38.1 Å². The lowest BCUT2D eigenvalue weighted by atomic mass is 9.78. The van der Waals surface area contributed by atoms with Gasteiger partial charge in [0.15, 0.2) is 0 Å². The van der Waals surface area contributed by atoms with E-state index in [2.05, 4.69) is 0 Å². The van der Waals surface area contributed by atoms with Crippen LogP contribution in [-0.4, -0.2) is 49.3 Å². The van der Waals surface area contributed by atoms with Crippen molar-refractivity contribution in [3.63, 3.8) is 0 Å². The number of methoxy groups -OCH3 is 1. The molecule has 8 nitrogen and oxygen atoms in total. The van der Waals surface area contributed by atoms with Gasteiger partial charge in [-0.2, -0.15) is 0 Å². The molecule has 0 aromatic heterocycles. The quantitative estimate of drug-likeness (QED) is 0.472. The Labute approximate surface area is 164 Å². The summed E-state index contributed by atoms with van der Waals surface area (Å²) in [4.78, 5) is 48.9. The van der Waals surface area contributed by atoms with Crippen molar-refractivity contribution in [2.75, 3.05) is 7.11 Å². The maximum atomic E-state index is 12.4. The predicted octanol–water partition coefficient (Wildman–Crippen LogP) is 1.64. The second-order valence-corrected chi connectivity index (χ2v) is 8.65. The molecule has 0 aromatic carbocycles. The number of carbonyl (C=O) groups is 4. The monoisotopic (exact) mass is 396 g/mol. The van der Waals surface area contributed by atoms with Gasteiger partial charge < -0.3 is 18.9 Å². The van der Waals surface area contributed by atoms with Gasteiger partial charge >= 0.3 is 23.9 Å². The Morgan fingerprint density at radius 3 is 2.54 bits per heavy atom. The van der Waals surface area contributed by atoms with Gasteiger partial charge in [0.2, 0.25) is 0 Å². The van der Waals surface area contributed by atoms with Crippen LogP contribution >= 0.6 is 0 Å². The summed E-state index contributed by atoms with van der Waals surface area (Å²) < 4.78 is 21.2. The van der Waals surface area contributed by atoms with E-state index in [1.54, 1.807) is 20.8 Å². The normalized spacial score (nSPS) is 34.0. The number of fused-ring (bicyclic) bond motifs is 1. The predicted molar refractivity (Wildman–Crippen MR) is 94.6 cm³/mol. The zero-order valence-corrected chi connectivity index (χ0v) is 16.9. The molecule has 156 valence electrons. The Bertz CT molecular complexity index is 684.